The number of nitrogens with one attached hydrogen (secondary N) is 1. The van der Waals surface area contributed by atoms with Crippen LogP contribution >= 0.6 is 12.4 Å². The first-order chi connectivity index (χ1) is 14.5. The molecule has 0 amide bonds. The molecule has 0 unspecified atom stereocenters. The van der Waals surface area contributed by atoms with E-state index in [1.807, 2.05) is 12.1 Å². The number of anilines is 1. The van der Waals surface area contributed by atoms with Crippen molar-refractivity contribution in [2.75, 3.05) is 18.0 Å². The zero-order valence-corrected chi connectivity index (χ0v) is 19.4. The van der Waals surface area contributed by atoms with Crippen molar-refractivity contribution in [2.45, 2.75) is 46.2 Å². The van der Waals surface area contributed by atoms with Crippen molar-refractivity contribution in [3.8, 4) is 11.1 Å². The van der Waals surface area contributed by atoms with Crippen LogP contribution < -0.4 is 10.2 Å². The van der Waals surface area contributed by atoms with Crippen molar-refractivity contribution in [2.24, 2.45) is 0 Å². The van der Waals surface area contributed by atoms with Crippen molar-refractivity contribution in [1.82, 2.24) is 5.32 Å². The summed E-state index contributed by atoms with van der Waals surface area (Å²) in [6.45, 7) is 9.44. The van der Waals surface area contributed by atoms with E-state index in [9.17, 15) is 4.39 Å². The summed E-state index contributed by atoms with van der Waals surface area (Å²) in [5, 5.41) is 3.45. The molecule has 0 saturated carbocycles. The number of hydrogen-bond donors (Lipinski definition) is 1. The van der Waals surface area contributed by atoms with Crippen LogP contribution in [0.5, 0.6) is 0 Å². The minimum Gasteiger partial charge on any atom is -0.364 e. The number of halogens is 2. The topological polar surface area (TPSA) is 15.3 Å². The Kier molecular flexibility index (Phi) is 7.74. The van der Waals surface area contributed by atoms with Gasteiger partial charge in [0.2, 0.25) is 0 Å². The summed E-state index contributed by atoms with van der Waals surface area (Å²) in [4.78, 5) is 2.45. The Morgan fingerprint density at radius 3 is 2.16 bits per heavy atom. The molecule has 0 atom stereocenters. The van der Waals surface area contributed by atoms with Gasteiger partial charge in [0, 0.05) is 18.3 Å². The molecular formula is C27H32ClFN2. The van der Waals surface area contributed by atoms with Crippen LogP contribution in [-0.4, -0.2) is 19.1 Å². The summed E-state index contributed by atoms with van der Waals surface area (Å²) in [6, 6.07) is 20.8. The fourth-order valence-electron chi connectivity index (χ4n) is 4.43. The molecule has 0 aliphatic carbocycles. The number of piperidine rings is 1. The highest BCUT2D eigenvalue weighted by Crippen LogP contribution is 2.28. The Balaban J connectivity index is 0.00000272. The van der Waals surface area contributed by atoms with Crippen LogP contribution in [0.2, 0.25) is 0 Å². The second-order valence-electron chi connectivity index (χ2n) is 8.52. The van der Waals surface area contributed by atoms with Gasteiger partial charge in [-0.2, -0.15) is 0 Å². The third-order valence-electron chi connectivity index (χ3n) is 6.45. The fraction of sp³-hybridized carbons (Fsp3) is 0.333. The quantitative estimate of drug-likeness (QED) is 0.482. The molecule has 0 aromatic heterocycles. The van der Waals surface area contributed by atoms with E-state index in [4.69, 9.17) is 0 Å². The van der Waals surface area contributed by atoms with E-state index < -0.39 is 0 Å². The first kappa shape index (κ1) is 23.3. The van der Waals surface area contributed by atoms with Crippen LogP contribution in [0.15, 0.2) is 60.7 Å². The van der Waals surface area contributed by atoms with Crippen LogP contribution in [0.3, 0.4) is 0 Å². The molecule has 0 bridgehead atoms. The standard InChI is InChI=1S/C27H31FN2.ClH/c1-19-15-24(16-20(2)21(19)3)23-6-4-5-22(17-23)18-30(27-11-13-29-14-12-27)26-9-7-25(28)8-10-26;/h4-10,15-17,27,29H,11-14,18H2,1-3H3;1H. The number of hydrogen-bond acceptors (Lipinski definition) is 2. The van der Waals surface area contributed by atoms with Gasteiger partial charge in [-0.1, -0.05) is 30.3 Å². The van der Waals surface area contributed by atoms with Gasteiger partial charge in [0.25, 0.3) is 0 Å². The van der Waals surface area contributed by atoms with Crippen molar-refractivity contribution in [1.29, 1.82) is 0 Å². The molecule has 164 valence electrons. The molecule has 3 aromatic carbocycles. The van der Waals surface area contributed by atoms with Crippen molar-refractivity contribution < 1.29 is 4.39 Å². The normalized spacial score (nSPS) is 14.2. The molecule has 1 saturated heterocycles. The van der Waals surface area contributed by atoms with Gasteiger partial charge in [-0.05, 0) is 110 Å². The van der Waals surface area contributed by atoms with Gasteiger partial charge in [0.1, 0.15) is 5.82 Å². The predicted molar refractivity (Wildman–Crippen MR) is 132 cm³/mol. The van der Waals surface area contributed by atoms with Crippen molar-refractivity contribution in [3.05, 3.63) is 88.7 Å². The van der Waals surface area contributed by atoms with Gasteiger partial charge in [0.15, 0.2) is 0 Å². The third kappa shape index (κ3) is 5.47. The number of nitrogens with zero attached hydrogens (tertiary/aromatic N) is 1. The van der Waals surface area contributed by atoms with Gasteiger partial charge in [-0.15, -0.1) is 12.4 Å². The lowest BCUT2D eigenvalue weighted by molar-refractivity contribution is 0.428. The zero-order chi connectivity index (χ0) is 21.1. The van der Waals surface area contributed by atoms with E-state index in [0.29, 0.717) is 6.04 Å². The molecule has 1 N–H and O–H groups in total. The highest BCUT2D eigenvalue weighted by Gasteiger charge is 2.22. The maximum atomic E-state index is 13.5. The molecule has 1 fully saturated rings. The van der Waals surface area contributed by atoms with E-state index in [-0.39, 0.29) is 18.2 Å². The molecule has 1 heterocycles. The average Bonchev–Trinajstić information content (AvgIpc) is 2.77. The first-order valence-electron chi connectivity index (χ1n) is 10.9. The number of rotatable bonds is 5. The molecule has 2 nitrogen and oxygen atoms in total. The summed E-state index contributed by atoms with van der Waals surface area (Å²) in [5.74, 6) is -0.184. The SMILES string of the molecule is Cc1cc(-c2cccc(CN(c3ccc(F)cc3)C3CCNCC3)c2)cc(C)c1C.Cl. The third-order valence-corrected chi connectivity index (χ3v) is 6.45. The number of benzene rings is 3. The molecule has 1 aliphatic rings. The van der Waals surface area contributed by atoms with Gasteiger partial charge in [-0.25, -0.2) is 4.39 Å². The number of aryl methyl sites for hydroxylation is 2. The van der Waals surface area contributed by atoms with E-state index in [0.717, 1.165) is 38.2 Å². The second kappa shape index (κ2) is 10.3. The van der Waals surface area contributed by atoms with E-state index in [1.54, 1.807) is 12.1 Å². The van der Waals surface area contributed by atoms with E-state index in [1.165, 1.54) is 33.4 Å². The Bertz CT molecular complexity index is 987. The fourth-order valence-corrected chi connectivity index (χ4v) is 4.43. The molecular weight excluding hydrogens is 407 g/mol. The summed E-state index contributed by atoms with van der Waals surface area (Å²) in [7, 11) is 0. The predicted octanol–water partition coefficient (Wildman–Crippen LogP) is 6.60. The highest BCUT2D eigenvalue weighted by molar-refractivity contribution is 5.85. The molecule has 0 radical (unpaired) electrons. The zero-order valence-electron chi connectivity index (χ0n) is 18.6. The molecule has 0 spiro atoms. The van der Waals surface area contributed by atoms with E-state index >= 15 is 0 Å². The Morgan fingerprint density at radius 1 is 0.871 bits per heavy atom. The molecule has 3 aromatic rings. The van der Waals surface area contributed by atoms with E-state index in [2.05, 4.69) is 67.4 Å². The van der Waals surface area contributed by atoms with Gasteiger partial charge < -0.3 is 10.2 Å². The maximum Gasteiger partial charge on any atom is 0.123 e. The van der Waals surface area contributed by atoms with Crippen molar-refractivity contribution >= 4 is 18.1 Å². The average molecular weight is 439 g/mol. The van der Waals surface area contributed by atoms with Crippen LogP contribution in [0.25, 0.3) is 11.1 Å². The van der Waals surface area contributed by atoms with Gasteiger partial charge in [0.05, 0.1) is 0 Å². The largest absolute Gasteiger partial charge is 0.364 e. The van der Waals surface area contributed by atoms with Crippen LogP contribution in [0, 0.1) is 26.6 Å². The lowest BCUT2D eigenvalue weighted by atomic mass is 9.95. The van der Waals surface area contributed by atoms with Gasteiger partial charge in [-0.3, -0.25) is 0 Å². The van der Waals surface area contributed by atoms with Gasteiger partial charge >= 0.3 is 0 Å². The first-order valence-corrected chi connectivity index (χ1v) is 10.9. The van der Waals surface area contributed by atoms with Crippen LogP contribution in [-0.2, 0) is 6.54 Å². The molecule has 4 rings (SSSR count). The minimum atomic E-state index is -0.184. The lowest BCUT2D eigenvalue weighted by Gasteiger charge is -2.36. The lowest BCUT2D eigenvalue weighted by Crippen LogP contribution is -2.43. The Labute approximate surface area is 191 Å². The molecule has 4 heteroatoms. The molecule has 1 aliphatic heterocycles. The Morgan fingerprint density at radius 2 is 1.52 bits per heavy atom. The summed E-state index contributed by atoms with van der Waals surface area (Å²) < 4.78 is 13.5. The second-order valence-corrected chi connectivity index (χ2v) is 8.52. The van der Waals surface area contributed by atoms with Crippen molar-refractivity contribution in [3.63, 3.8) is 0 Å². The summed E-state index contributed by atoms with van der Waals surface area (Å²) in [6.07, 6.45) is 2.21. The Hall–Kier alpha value is -2.36. The van der Waals surface area contributed by atoms with Crippen LogP contribution in [0.4, 0.5) is 10.1 Å². The maximum absolute atomic E-state index is 13.5. The summed E-state index contributed by atoms with van der Waals surface area (Å²) in [5.41, 5.74) is 8.93. The molecule has 31 heavy (non-hydrogen) atoms. The monoisotopic (exact) mass is 438 g/mol. The van der Waals surface area contributed by atoms with Crippen LogP contribution in [0.1, 0.15) is 35.1 Å². The highest BCUT2D eigenvalue weighted by atomic mass is 35.5. The summed E-state index contributed by atoms with van der Waals surface area (Å²) >= 11 is 0. The smallest absolute Gasteiger partial charge is 0.123 e. The minimum absolute atomic E-state index is 0.